The quantitative estimate of drug-likeness (QED) is 0.526. The van der Waals surface area contributed by atoms with Crippen molar-refractivity contribution in [2.75, 3.05) is 13.1 Å². The number of hydrogen-bond acceptors (Lipinski definition) is 2. The molecule has 2 N–H and O–H groups in total. The van der Waals surface area contributed by atoms with E-state index >= 15 is 0 Å². The normalized spacial score (nSPS) is 40.9. The van der Waals surface area contributed by atoms with Gasteiger partial charge < -0.3 is 5.73 Å². The van der Waals surface area contributed by atoms with E-state index in [-0.39, 0.29) is 11.9 Å². The number of primary amides is 1. The molecule has 3 nitrogen and oxygen atoms in total. The van der Waals surface area contributed by atoms with E-state index in [9.17, 15) is 4.79 Å². The molecule has 3 atom stereocenters. The Balaban J connectivity index is 2.18. The molecule has 1 amide bonds. The molecule has 1 saturated heterocycles. The molecule has 2 bridgehead atoms. The van der Waals surface area contributed by atoms with Crippen LogP contribution in [0.4, 0.5) is 0 Å². The van der Waals surface area contributed by atoms with Crippen molar-refractivity contribution >= 4 is 5.91 Å². The van der Waals surface area contributed by atoms with Gasteiger partial charge >= 0.3 is 0 Å². The van der Waals surface area contributed by atoms with Gasteiger partial charge in [-0.1, -0.05) is 12.2 Å². The number of carbonyl (C=O) groups excluding carboxylic acids is 1. The van der Waals surface area contributed by atoms with Crippen molar-refractivity contribution < 1.29 is 4.79 Å². The summed E-state index contributed by atoms with van der Waals surface area (Å²) in [6.45, 7) is 2.04. The maximum Gasteiger partial charge on any atom is 0.238 e. The second-order valence-corrected chi connectivity index (χ2v) is 3.28. The van der Waals surface area contributed by atoms with E-state index in [4.69, 9.17) is 5.73 Å². The molecule has 0 aromatic rings. The molecule has 0 aliphatic carbocycles. The Morgan fingerprint density at radius 2 is 2.36 bits per heavy atom. The highest BCUT2D eigenvalue weighted by Crippen LogP contribution is 2.24. The second-order valence-electron chi connectivity index (χ2n) is 3.28. The standard InChI is InChI=1S/C8H12N2O/c9-8(11)7-2-1-6-3-4-10(7)5-6/h1-2,6-7H,3-5H2,(H2,9,11). The van der Waals surface area contributed by atoms with Crippen molar-refractivity contribution in [2.24, 2.45) is 11.7 Å². The monoisotopic (exact) mass is 152 g/mol. The summed E-state index contributed by atoms with van der Waals surface area (Å²) in [4.78, 5) is 13.0. The Hall–Kier alpha value is -0.830. The van der Waals surface area contributed by atoms with Gasteiger partial charge in [0, 0.05) is 6.54 Å². The van der Waals surface area contributed by atoms with Gasteiger partial charge in [-0.25, -0.2) is 0 Å². The van der Waals surface area contributed by atoms with Crippen molar-refractivity contribution in [3.8, 4) is 0 Å². The molecule has 0 saturated carbocycles. The van der Waals surface area contributed by atoms with Gasteiger partial charge in [-0.2, -0.15) is 0 Å². The van der Waals surface area contributed by atoms with Gasteiger partial charge in [-0.3, -0.25) is 9.69 Å². The highest BCUT2D eigenvalue weighted by atomic mass is 16.1. The zero-order valence-corrected chi connectivity index (χ0v) is 6.36. The van der Waals surface area contributed by atoms with Crippen LogP contribution in [0, 0.1) is 5.92 Å². The molecule has 0 radical (unpaired) electrons. The minimum absolute atomic E-state index is 0.131. The van der Waals surface area contributed by atoms with E-state index in [0.29, 0.717) is 5.92 Å². The number of carbonyl (C=O) groups is 1. The number of fused-ring (bicyclic) bond motifs is 2. The molecule has 0 spiro atoms. The van der Waals surface area contributed by atoms with Gasteiger partial charge in [0.05, 0.1) is 0 Å². The molecule has 2 rings (SSSR count). The fourth-order valence-corrected chi connectivity index (χ4v) is 1.88. The van der Waals surface area contributed by atoms with Crippen molar-refractivity contribution in [1.29, 1.82) is 0 Å². The first-order valence-corrected chi connectivity index (χ1v) is 3.99. The first kappa shape index (κ1) is 6.85. The molecule has 0 aromatic heterocycles. The van der Waals surface area contributed by atoms with Gasteiger partial charge in [0.15, 0.2) is 0 Å². The van der Waals surface area contributed by atoms with Crippen LogP contribution in [0.5, 0.6) is 0 Å². The van der Waals surface area contributed by atoms with Crippen LogP contribution in [-0.2, 0) is 4.79 Å². The first-order valence-electron chi connectivity index (χ1n) is 3.99. The van der Waals surface area contributed by atoms with E-state index < -0.39 is 0 Å². The molecular weight excluding hydrogens is 140 g/mol. The average Bonchev–Trinajstić information content (AvgIpc) is 2.32. The van der Waals surface area contributed by atoms with E-state index in [1.807, 2.05) is 6.08 Å². The predicted molar refractivity (Wildman–Crippen MR) is 41.8 cm³/mol. The smallest absolute Gasteiger partial charge is 0.238 e. The lowest BCUT2D eigenvalue weighted by molar-refractivity contribution is -0.121. The summed E-state index contributed by atoms with van der Waals surface area (Å²) in [5.41, 5.74) is 5.22. The Morgan fingerprint density at radius 1 is 1.55 bits per heavy atom. The van der Waals surface area contributed by atoms with Crippen LogP contribution < -0.4 is 5.73 Å². The van der Waals surface area contributed by atoms with Crippen LogP contribution in [0.3, 0.4) is 0 Å². The third kappa shape index (κ3) is 1.05. The van der Waals surface area contributed by atoms with Crippen LogP contribution in [-0.4, -0.2) is 29.9 Å². The van der Waals surface area contributed by atoms with E-state index in [2.05, 4.69) is 11.0 Å². The maximum atomic E-state index is 10.9. The molecule has 2 heterocycles. The zero-order chi connectivity index (χ0) is 7.84. The van der Waals surface area contributed by atoms with Gasteiger partial charge in [0.1, 0.15) is 6.04 Å². The molecule has 3 heteroatoms. The zero-order valence-electron chi connectivity index (χ0n) is 6.36. The average molecular weight is 152 g/mol. The number of amides is 1. The largest absolute Gasteiger partial charge is 0.368 e. The molecule has 1 fully saturated rings. The van der Waals surface area contributed by atoms with Crippen LogP contribution in [0.25, 0.3) is 0 Å². The summed E-state index contributed by atoms with van der Waals surface area (Å²) in [6.07, 6.45) is 5.24. The maximum absolute atomic E-state index is 10.9. The third-order valence-electron chi connectivity index (χ3n) is 2.51. The number of nitrogens with two attached hydrogens (primary N) is 1. The molecule has 3 unspecified atom stereocenters. The van der Waals surface area contributed by atoms with E-state index in [1.54, 1.807) is 0 Å². The first-order chi connectivity index (χ1) is 5.27. The lowest BCUT2D eigenvalue weighted by Gasteiger charge is -2.24. The summed E-state index contributed by atoms with van der Waals surface area (Å²) in [7, 11) is 0. The highest BCUT2D eigenvalue weighted by Gasteiger charge is 2.32. The van der Waals surface area contributed by atoms with Gasteiger partial charge in [0.25, 0.3) is 0 Å². The Bertz CT molecular complexity index is 212. The van der Waals surface area contributed by atoms with Crippen LogP contribution >= 0.6 is 0 Å². The van der Waals surface area contributed by atoms with Crippen molar-refractivity contribution in [3.05, 3.63) is 12.2 Å². The predicted octanol–water partition coefficient (Wildman–Crippen LogP) is -0.268. The Labute approximate surface area is 65.9 Å². The highest BCUT2D eigenvalue weighted by molar-refractivity contribution is 5.82. The molecule has 2 aliphatic rings. The lowest BCUT2D eigenvalue weighted by atomic mass is 10.0. The molecule has 11 heavy (non-hydrogen) atoms. The van der Waals surface area contributed by atoms with Gasteiger partial charge in [0.2, 0.25) is 5.91 Å². The number of hydrogen-bond donors (Lipinski definition) is 1. The Morgan fingerprint density at radius 3 is 3.09 bits per heavy atom. The van der Waals surface area contributed by atoms with E-state index in [0.717, 1.165) is 13.1 Å². The SMILES string of the molecule is NC(=O)C1C=CC2CCN1C2. The number of nitrogens with zero attached hydrogens (tertiary/aromatic N) is 1. The molecule has 0 aromatic carbocycles. The fourth-order valence-electron chi connectivity index (χ4n) is 1.88. The van der Waals surface area contributed by atoms with Gasteiger partial charge in [-0.05, 0) is 18.9 Å². The van der Waals surface area contributed by atoms with Crippen LogP contribution in [0.2, 0.25) is 0 Å². The lowest BCUT2D eigenvalue weighted by Crippen LogP contribution is -2.43. The van der Waals surface area contributed by atoms with Crippen molar-refractivity contribution in [2.45, 2.75) is 12.5 Å². The van der Waals surface area contributed by atoms with Gasteiger partial charge in [-0.15, -0.1) is 0 Å². The second kappa shape index (κ2) is 2.34. The summed E-state index contributed by atoms with van der Waals surface area (Å²) in [5, 5.41) is 0. The molecule has 2 aliphatic heterocycles. The summed E-state index contributed by atoms with van der Waals surface area (Å²) < 4.78 is 0. The van der Waals surface area contributed by atoms with Crippen molar-refractivity contribution in [1.82, 2.24) is 4.90 Å². The number of rotatable bonds is 1. The molecule has 60 valence electrons. The third-order valence-corrected chi connectivity index (χ3v) is 2.51. The van der Waals surface area contributed by atoms with Crippen molar-refractivity contribution in [3.63, 3.8) is 0 Å². The topological polar surface area (TPSA) is 46.3 Å². The Kier molecular flexibility index (Phi) is 1.46. The fraction of sp³-hybridized carbons (Fsp3) is 0.625. The minimum atomic E-state index is -0.221. The summed E-state index contributed by atoms with van der Waals surface area (Å²) in [6, 6.07) is -0.131. The summed E-state index contributed by atoms with van der Waals surface area (Å²) >= 11 is 0. The minimum Gasteiger partial charge on any atom is -0.368 e. The summed E-state index contributed by atoms with van der Waals surface area (Å²) in [5.74, 6) is 0.451. The molecular formula is C8H12N2O. The van der Waals surface area contributed by atoms with Crippen LogP contribution in [0.1, 0.15) is 6.42 Å². The van der Waals surface area contributed by atoms with Crippen LogP contribution in [0.15, 0.2) is 12.2 Å². The van der Waals surface area contributed by atoms with E-state index in [1.165, 1.54) is 6.42 Å².